The number of fused-ring (bicyclic) bond motifs is 6. The summed E-state index contributed by atoms with van der Waals surface area (Å²) in [7, 11) is 0. The fourth-order valence-corrected chi connectivity index (χ4v) is 3.35. The van der Waals surface area contributed by atoms with Crippen LogP contribution in [0.2, 0.25) is 0 Å². The maximum Gasteiger partial charge on any atom is 0.0716 e. The molecule has 3 aromatic rings. The number of benzene rings is 2. The Morgan fingerprint density at radius 2 is 1.95 bits per heavy atom. The molecule has 2 nitrogen and oxygen atoms in total. The van der Waals surface area contributed by atoms with Crippen molar-refractivity contribution in [1.29, 1.82) is 0 Å². The molecule has 1 aromatic heterocycles. The zero-order chi connectivity index (χ0) is 14.5. The van der Waals surface area contributed by atoms with E-state index in [4.69, 9.17) is 4.98 Å². The Morgan fingerprint density at radius 1 is 1.00 bits per heavy atom. The highest BCUT2D eigenvalue weighted by molar-refractivity contribution is 6.00. The van der Waals surface area contributed by atoms with Crippen molar-refractivity contribution in [3.63, 3.8) is 0 Å². The van der Waals surface area contributed by atoms with Crippen LogP contribution in [0.3, 0.4) is 0 Å². The van der Waals surface area contributed by atoms with Crippen molar-refractivity contribution in [2.45, 2.75) is 0 Å². The van der Waals surface area contributed by atoms with Gasteiger partial charge in [0.25, 0.3) is 0 Å². The van der Waals surface area contributed by atoms with Gasteiger partial charge in [-0.3, -0.25) is 0 Å². The number of rotatable bonds is 0. The van der Waals surface area contributed by atoms with E-state index >= 15 is 0 Å². The summed E-state index contributed by atoms with van der Waals surface area (Å²) in [5, 5.41) is 2.42. The molecule has 0 amide bonds. The maximum absolute atomic E-state index is 4.81. The van der Waals surface area contributed by atoms with Gasteiger partial charge in [-0.15, -0.1) is 0 Å². The van der Waals surface area contributed by atoms with Crippen molar-refractivity contribution < 1.29 is 0 Å². The van der Waals surface area contributed by atoms with Crippen LogP contribution in [0, 0.1) is 0 Å². The summed E-state index contributed by atoms with van der Waals surface area (Å²) in [4.78, 5) is 7.09. The van der Waals surface area contributed by atoms with Crippen molar-refractivity contribution in [2.75, 3.05) is 6.54 Å². The number of hydrogen-bond donors (Lipinski definition) is 0. The largest absolute Gasteiger partial charge is 0.344 e. The van der Waals surface area contributed by atoms with Gasteiger partial charge in [-0.25, -0.2) is 4.98 Å². The van der Waals surface area contributed by atoms with Gasteiger partial charge in [-0.05, 0) is 35.9 Å². The van der Waals surface area contributed by atoms with Gasteiger partial charge in [0.15, 0.2) is 0 Å². The average Bonchev–Trinajstić information content (AvgIpc) is 2.59. The number of allylic oxidation sites excluding steroid dienone is 2. The molecule has 0 atom stereocenters. The van der Waals surface area contributed by atoms with Crippen LogP contribution in [0.4, 0.5) is 0 Å². The first-order valence-corrected chi connectivity index (χ1v) is 7.55. The van der Waals surface area contributed by atoms with E-state index in [9.17, 15) is 0 Å². The Labute approximate surface area is 128 Å². The number of pyridine rings is 1. The van der Waals surface area contributed by atoms with Crippen molar-refractivity contribution in [1.82, 2.24) is 9.88 Å². The van der Waals surface area contributed by atoms with Gasteiger partial charge >= 0.3 is 0 Å². The summed E-state index contributed by atoms with van der Waals surface area (Å²) < 4.78 is 0. The predicted octanol–water partition coefficient (Wildman–Crippen LogP) is 4.59. The fraction of sp³-hybridized carbons (Fsp3) is 0.0500. The molecule has 2 aliphatic rings. The molecular weight excluding hydrogens is 268 g/mol. The lowest BCUT2D eigenvalue weighted by molar-refractivity contribution is 0.587. The minimum absolute atomic E-state index is 0.940. The van der Waals surface area contributed by atoms with E-state index in [0.29, 0.717) is 0 Å². The lowest BCUT2D eigenvalue weighted by Gasteiger charge is -2.29. The Bertz CT molecular complexity index is 1010. The van der Waals surface area contributed by atoms with Crippen molar-refractivity contribution in [3.05, 3.63) is 78.0 Å². The predicted molar refractivity (Wildman–Crippen MR) is 92.1 cm³/mol. The molecule has 0 unspecified atom stereocenters. The molecule has 22 heavy (non-hydrogen) atoms. The smallest absolute Gasteiger partial charge is 0.0716 e. The van der Waals surface area contributed by atoms with Crippen LogP contribution in [-0.4, -0.2) is 16.4 Å². The highest BCUT2D eigenvalue weighted by Gasteiger charge is 2.19. The quantitative estimate of drug-likeness (QED) is 0.561. The molecule has 2 heteroatoms. The monoisotopic (exact) mass is 282 g/mol. The fourth-order valence-electron chi connectivity index (χ4n) is 3.35. The zero-order valence-electron chi connectivity index (χ0n) is 12.0. The van der Waals surface area contributed by atoms with Crippen LogP contribution < -0.4 is 0 Å². The molecule has 3 heterocycles. The highest BCUT2D eigenvalue weighted by atomic mass is 15.1. The topological polar surface area (TPSA) is 16.1 Å². The molecule has 104 valence electrons. The summed E-state index contributed by atoms with van der Waals surface area (Å²) >= 11 is 0. The molecule has 0 saturated heterocycles. The second-order valence-electron chi connectivity index (χ2n) is 5.72. The molecule has 2 aliphatic heterocycles. The molecule has 0 aliphatic carbocycles. The van der Waals surface area contributed by atoms with Crippen LogP contribution in [0.5, 0.6) is 0 Å². The van der Waals surface area contributed by atoms with Crippen LogP contribution in [0.15, 0.2) is 66.9 Å². The first-order valence-electron chi connectivity index (χ1n) is 7.55. The van der Waals surface area contributed by atoms with E-state index in [1.165, 1.54) is 27.6 Å². The summed E-state index contributed by atoms with van der Waals surface area (Å²) in [6.45, 7) is 0.940. The molecule has 0 saturated carbocycles. The van der Waals surface area contributed by atoms with Crippen LogP contribution in [-0.2, 0) is 0 Å². The van der Waals surface area contributed by atoms with Crippen molar-refractivity contribution in [2.24, 2.45) is 0 Å². The molecule has 0 bridgehead atoms. The van der Waals surface area contributed by atoms with Crippen LogP contribution in [0.1, 0.15) is 11.1 Å². The third kappa shape index (κ3) is 1.58. The number of hydrogen-bond acceptors (Lipinski definition) is 2. The third-order valence-corrected chi connectivity index (χ3v) is 4.44. The first kappa shape index (κ1) is 11.8. The molecule has 0 radical (unpaired) electrons. The van der Waals surface area contributed by atoms with Gasteiger partial charge in [0.2, 0.25) is 0 Å². The summed E-state index contributed by atoms with van der Waals surface area (Å²) in [6.07, 6.45) is 10.9. The Morgan fingerprint density at radius 3 is 2.95 bits per heavy atom. The lowest BCUT2D eigenvalue weighted by Crippen LogP contribution is -2.20. The standard InChI is InChI=1S/C20H14N2/c1-2-6-18-14(5-1)13-17-15-10-12-22-11-4-3-7-20(22)16(15)8-9-19(17)21-18/h1-10,12-13H,11H2. The Hall–Kier alpha value is -2.87. The van der Waals surface area contributed by atoms with Gasteiger partial charge < -0.3 is 4.90 Å². The van der Waals surface area contributed by atoms with Gasteiger partial charge in [0.1, 0.15) is 0 Å². The van der Waals surface area contributed by atoms with E-state index in [2.05, 4.69) is 71.8 Å². The molecule has 2 aromatic carbocycles. The van der Waals surface area contributed by atoms with E-state index in [1.807, 2.05) is 6.07 Å². The number of para-hydroxylation sites is 1. The van der Waals surface area contributed by atoms with Gasteiger partial charge in [-0.2, -0.15) is 0 Å². The molecule has 0 spiro atoms. The van der Waals surface area contributed by atoms with Gasteiger partial charge in [-0.1, -0.05) is 36.4 Å². The summed E-state index contributed by atoms with van der Waals surface area (Å²) in [6, 6.07) is 14.9. The highest BCUT2D eigenvalue weighted by Crippen LogP contribution is 2.35. The maximum atomic E-state index is 4.81. The van der Waals surface area contributed by atoms with Gasteiger partial charge in [0, 0.05) is 34.8 Å². The lowest BCUT2D eigenvalue weighted by atomic mass is 9.94. The zero-order valence-corrected chi connectivity index (χ0v) is 12.0. The van der Waals surface area contributed by atoms with Crippen molar-refractivity contribution in [3.8, 4) is 0 Å². The molecule has 5 rings (SSSR count). The third-order valence-electron chi connectivity index (χ3n) is 4.44. The van der Waals surface area contributed by atoms with Crippen LogP contribution >= 0.6 is 0 Å². The Kier molecular flexibility index (Phi) is 2.30. The number of nitrogens with zero attached hydrogens (tertiary/aromatic N) is 2. The summed E-state index contributed by atoms with van der Waals surface area (Å²) in [5.74, 6) is 0. The SMILES string of the molecule is C1=CCN2C=Cc3c(ccc4nc5ccccc5cc34)C2=C1. The minimum Gasteiger partial charge on any atom is -0.344 e. The normalized spacial score (nSPS) is 15.8. The molecule has 0 fully saturated rings. The first-order chi connectivity index (χ1) is 10.9. The second-order valence-corrected chi connectivity index (χ2v) is 5.72. The number of aromatic nitrogens is 1. The van der Waals surface area contributed by atoms with E-state index in [0.717, 1.165) is 17.6 Å². The second kappa shape index (κ2) is 4.31. The Balaban J connectivity index is 1.86. The summed E-state index contributed by atoms with van der Waals surface area (Å²) in [5.41, 5.74) is 5.94. The molecular formula is C20H14N2. The van der Waals surface area contributed by atoms with Crippen molar-refractivity contribution >= 4 is 33.6 Å². The van der Waals surface area contributed by atoms with E-state index in [1.54, 1.807) is 0 Å². The average molecular weight is 282 g/mol. The van der Waals surface area contributed by atoms with E-state index in [-0.39, 0.29) is 0 Å². The van der Waals surface area contributed by atoms with Crippen LogP contribution in [0.25, 0.3) is 33.6 Å². The minimum atomic E-state index is 0.940. The molecule has 0 N–H and O–H groups in total. The van der Waals surface area contributed by atoms with E-state index < -0.39 is 0 Å². The van der Waals surface area contributed by atoms with Gasteiger partial charge in [0.05, 0.1) is 11.0 Å².